The van der Waals surface area contributed by atoms with Crippen LogP contribution in [0.1, 0.15) is 38.8 Å². The number of amides is 1. The fourth-order valence-electron chi connectivity index (χ4n) is 1.75. The van der Waals surface area contributed by atoms with Crippen LogP contribution in [0.3, 0.4) is 0 Å². The molecular weight excluding hydrogens is 226 g/mol. The van der Waals surface area contributed by atoms with E-state index in [9.17, 15) is 4.79 Å². The van der Waals surface area contributed by atoms with Gasteiger partial charge in [-0.05, 0) is 46.6 Å². The number of ether oxygens (including phenoxy) is 1. The van der Waals surface area contributed by atoms with E-state index >= 15 is 0 Å². The average Bonchev–Trinajstić information content (AvgIpc) is 2.13. The van der Waals surface area contributed by atoms with Gasteiger partial charge in [-0.15, -0.1) is 0 Å². The van der Waals surface area contributed by atoms with Crippen LogP contribution in [0.15, 0.2) is 24.3 Å². The normalized spacial score (nSPS) is 12.9. The first-order valence-corrected chi connectivity index (χ1v) is 6.31. The van der Waals surface area contributed by atoms with E-state index in [1.807, 2.05) is 33.8 Å². The molecule has 0 heterocycles. The summed E-state index contributed by atoms with van der Waals surface area (Å²) in [5.74, 6) is 0. The van der Waals surface area contributed by atoms with Crippen molar-refractivity contribution in [1.82, 2.24) is 5.32 Å². The van der Waals surface area contributed by atoms with Crippen LogP contribution in [-0.2, 0) is 11.2 Å². The largest absolute Gasteiger partial charge is 0.444 e. The summed E-state index contributed by atoms with van der Waals surface area (Å²) in [7, 11) is 0. The van der Waals surface area contributed by atoms with Crippen molar-refractivity contribution in [3.05, 3.63) is 35.4 Å². The van der Waals surface area contributed by atoms with Crippen molar-refractivity contribution in [3.63, 3.8) is 0 Å². The van der Waals surface area contributed by atoms with Gasteiger partial charge in [0, 0.05) is 6.04 Å². The highest BCUT2D eigenvalue weighted by atomic mass is 16.6. The second kappa shape index (κ2) is 5.89. The number of aryl methyl sites for hydroxylation is 1. The maximum absolute atomic E-state index is 11.6. The van der Waals surface area contributed by atoms with E-state index in [2.05, 4.69) is 30.4 Å². The molecule has 1 aromatic carbocycles. The van der Waals surface area contributed by atoms with E-state index in [4.69, 9.17) is 4.74 Å². The first-order valence-electron chi connectivity index (χ1n) is 6.31. The number of carbonyl (C=O) groups is 1. The van der Waals surface area contributed by atoms with Gasteiger partial charge in [-0.2, -0.15) is 0 Å². The minimum absolute atomic E-state index is 0.0571. The molecular formula is C15H23NO2. The van der Waals surface area contributed by atoms with Gasteiger partial charge in [0.1, 0.15) is 5.60 Å². The third-order valence-corrected chi connectivity index (χ3v) is 2.39. The number of carbonyl (C=O) groups excluding carboxylic acids is 1. The number of rotatable bonds is 3. The zero-order valence-electron chi connectivity index (χ0n) is 11.9. The average molecular weight is 249 g/mol. The molecule has 0 fully saturated rings. The summed E-state index contributed by atoms with van der Waals surface area (Å²) in [4.78, 5) is 11.6. The Labute approximate surface area is 110 Å². The van der Waals surface area contributed by atoms with Crippen LogP contribution < -0.4 is 5.32 Å². The molecule has 1 unspecified atom stereocenters. The molecule has 1 rings (SSSR count). The van der Waals surface area contributed by atoms with E-state index < -0.39 is 5.60 Å². The topological polar surface area (TPSA) is 38.3 Å². The SMILES string of the molecule is Cc1cccc(CC(C)NC(=O)OC(C)(C)C)c1. The molecule has 1 aromatic rings. The third kappa shape index (κ3) is 5.71. The van der Waals surface area contributed by atoms with Gasteiger partial charge in [0.15, 0.2) is 0 Å². The van der Waals surface area contributed by atoms with Crippen molar-refractivity contribution >= 4 is 6.09 Å². The van der Waals surface area contributed by atoms with Gasteiger partial charge in [0.2, 0.25) is 0 Å². The molecule has 0 saturated carbocycles. The summed E-state index contributed by atoms with van der Waals surface area (Å²) in [6.45, 7) is 9.62. The Kier molecular flexibility index (Phi) is 4.76. The minimum atomic E-state index is -0.451. The maximum atomic E-state index is 11.6. The number of alkyl carbamates (subject to hydrolysis) is 1. The lowest BCUT2D eigenvalue weighted by atomic mass is 10.1. The van der Waals surface area contributed by atoms with Crippen molar-refractivity contribution in [2.24, 2.45) is 0 Å². The van der Waals surface area contributed by atoms with Crippen LogP contribution >= 0.6 is 0 Å². The molecule has 1 atom stereocenters. The predicted molar refractivity (Wildman–Crippen MR) is 73.7 cm³/mol. The predicted octanol–water partition coefficient (Wildman–Crippen LogP) is 3.45. The van der Waals surface area contributed by atoms with Crippen LogP contribution in [0, 0.1) is 6.92 Å². The van der Waals surface area contributed by atoms with Crippen LogP contribution in [0.2, 0.25) is 0 Å². The first-order chi connectivity index (χ1) is 8.26. The highest BCUT2D eigenvalue weighted by molar-refractivity contribution is 5.68. The molecule has 0 saturated heterocycles. The van der Waals surface area contributed by atoms with E-state index in [0.29, 0.717) is 0 Å². The summed E-state index contributed by atoms with van der Waals surface area (Å²) in [5.41, 5.74) is 2.00. The Hall–Kier alpha value is -1.51. The molecule has 3 heteroatoms. The van der Waals surface area contributed by atoms with Crippen molar-refractivity contribution < 1.29 is 9.53 Å². The van der Waals surface area contributed by atoms with E-state index in [-0.39, 0.29) is 12.1 Å². The van der Waals surface area contributed by atoms with Gasteiger partial charge < -0.3 is 10.1 Å². The summed E-state index contributed by atoms with van der Waals surface area (Å²) >= 11 is 0. The van der Waals surface area contributed by atoms with E-state index in [1.54, 1.807) is 0 Å². The summed E-state index contributed by atoms with van der Waals surface area (Å²) in [6, 6.07) is 8.36. The Morgan fingerprint density at radius 2 is 2.06 bits per heavy atom. The summed E-state index contributed by atoms with van der Waals surface area (Å²) in [6.07, 6.45) is 0.448. The first kappa shape index (κ1) is 14.6. The van der Waals surface area contributed by atoms with Crippen molar-refractivity contribution in [3.8, 4) is 0 Å². The molecule has 1 N–H and O–H groups in total. The molecule has 0 aliphatic heterocycles. The molecule has 1 amide bonds. The molecule has 0 aliphatic rings. The minimum Gasteiger partial charge on any atom is -0.444 e. The molecule has 3 nitrogen and oxygen atoms in total. The van der Waals surface area contributed by atoms with Crippen molar-refractivity contribution in [1.29, 1.82) is 0 Å². The number of hydrogen-bond donors (Lipinski definition) is 1. The van der Waals surface area contributed by atoms with Gasteiger partial charge in [0.05, 0.1) is 0 Å². The number of benzene rings is 1. The van der Waals surface area contributed by atoms with Crippen molar-refractivity contribution in [2.45, 2.75) is 52.7 Å². The summed E-state index contributed by atoms with van der Waals surface area (Å²) < 4.78 is 5.22. The van der Waals surface area contributed by atoms with E-state index in [0.717, 1.165) is 6.42 Å². The smallest absolute Gasteiger partial charge is 0.407 e. The second-order valence-corrected chi connectivity index (χ2v) is 5.74. The van der Waals surface area contributed by atoms with Crippen LogP contribution in [0.4, 0.5) is 4.79 Å². The van der Waals surface area contributed by atoms with E-state index in [1.165, 1.54) is 11.1 Å². The standard InChI is InChI=1S/C15H23NO2/c1-11-7-6-8-13(9-11)10-12(2)16-14(17)18-15(3,4)5/h6-9,12H,10H2,1-5H3,(H,16,17). The molecule has 0 aromatic heterocycles. The summed E-state index contributed by atoms with van der Waals surface area (Å²) in [5, 5.41) is 2.84. The Bertz CT molecular complexity index is 407. The third-order valence-electron chi connectivity index (χ3n) is 2.39. The number of nitrogens with one attached hydrogen (secondary N) is 1. The maximum Gasteiger partial charge on any atom is 0.407 e. The molecule has 100 valence electrons. The van der Waals surface area contributed by atoms with Gasteiger partial charge >= 0.3 is 6.09 Å². The lowest BCUT2D eigenvalue weighted by Crippen LogP contribution is -2.38. The lowest BCUT2D eigenvalue weighted by molar-refractivity contribution is 0.0508. The fraction of sp³-hybridized carbons (Fsp3) is 0.533. The molecule has 18 heavy (non-hydrogen) atoms. The van der Waals surface area contributed by atoms with Gasteiger partial charge in [0.25, 0.3) is 0 Å². The Balaban J connectivity index is 2.47. The molecule has 0 spiro atoms. The zero-order valence-corrected chi connectivity index (χ0v) is 11.9. The molecule has 0 bridgehead atoms. The van der Waals surface area contributed by atoms with Crippen molar-refractivity contribution in [2.75, 3.05) is 0 Å². The Morgan fingerprint density at radius 3 is 2.61 bits per heavy atom. The van der Waals surface area contributed by atoms with Crippen LogP contribution in [0.5, 0.6) is 0 Å². The quantitative estimate of drug-likeness (QED) is 0.891. The highest BCUT2D eigenvalue weighted by Crippen LogP contribution is 2.09. The van der Waals surface area contributed by atoms with Gasteiger partial charge in [-0.3, -0.25) is 0 Å². The fourth-order valence-corrected chi connectivity index (χ4v) is 1.75. The lowest BCUT2D eigenvalue weighted by Gasteiger charge is -2.22. The molecule has 0 aliphatic carbocycles. The molecule has 0 radical (unpaired) electrons. The zero-order chi connectivity index (χ0) is 13.8. The second-order valence-electron chi connectivity index (χ2n) is 5.74. The highest BCUT2D eigenvalue weighted by Gasteiger charge is 2.17. The van der Waals surface area contributed by atoms with Crippen LogP contribution in [0.25, 0.3) is 0 Å². The monoisotopic (exact) mass is 249 g/mol. The Morgan fingerprint density at radius 1 is 1.39 bits per heavy atom. The van der Waals surface area contributed by atoms with Gasteiger partial charge in [-0.25, -0.2) is 4.79 Å². The van der Waals surface area contributed by atoms with Gasteiger partial charge in [-0.1, -0.05) is 29.8 Å². The van der Waals surface area contributed by atoms with Crippen LogP contribution in [-0.4, -0.2) is 17.7 Å². The number of hydrogen-bond acceptors (Lipinski definition) is 2.